The molecule has 2 rings (SSSR count). The molecule has 0 aliphatic carbocycles. The topological polar surface area (TPSA) is 62.3 Å². The largest absolute Gasteiger partial charge is 0.345 e. The molecule has 1 unspecified atom stereocenters. The minimum absolute atomic E-state index is 0.0881. The summed E-state index contributed by atoms with van der Waals surface area (Å²) < 4.78 is 0. The van der Waals surface area contributed by atoms with Gasteiger partial charge < -0.3 is 10.2 Å². The van der Waals surface area contributed by atoms with Crippen LogP contribution in [0.2, 0.25) is 0 Å². The molecule has 5 nitrogen and oxygen atoms in total. The third-order valence-electron chi connectivity index (χ3n) is 2.85. The van der Waals surface area contributed by atoms with Crippen LogP contribution in [0.1, 0.15) is 19.0 Å². The Labute approximate surface area is 99.8 Å². The lowest BCUT2D eigenvalue weighted by Crippen LogP contribution is -2.43. The van der Waals surface area contributed by atoms with E-state index in [1.54, 1.807) is 24.1 Å². The highest BCUT2D eigenvalue weighted by Gasteiger charge is 2.28. The number of anilines is 1. The predicted molar refractivity (Wildman–Crippen MR) is 63.5 cm³/mol. The number of carbonyl (C=O) groups is 2. The minimum Gasteiger partial charge on any atom is -0.345 e. The van der Waals surface area contributed by atoms with Crippen LogP contribution in [0.15, 0.2) is 18.3 Å². The van der Waals surface area contributed by atoms with Crippen molar-refractivity contribution in [3.8, 4) is 0 Å². The highest BCUT2D eigenvalue weighted by molar-refractivity contribution is 6.01. The summed E-state index contributed by atoms with van der Waals surface area (Å²) in [6.45, 7) is 3.96. The molecule has 90 valence electrons. The normalized spacial score (nSPS) is 21.1. The lowest BCUT2D eigenvalue weighted by Gasteiger charge is -2.23. The molecule has 1 N–H and O–H groups in total. The Bertz CT molecular complexity index is 459. The Hall–Kier alpha value is -1.91. The molecule has 1 aliphatic rings. The second kappa shape index (κ2) is 4.53. The van der Waals surface area contributed by atoms with E-state index in [9.17, 15) is 9.59 Å². The molecule has 1 atom stereocenters. The number of hydrogen-bond acceptors (Lipinski definition) is 3. The van der Waals surface area contributed by atoms with Crippen LogP contribution in [0.25, 0.3) is 0 Å². The Morgan fingerprint density at radius 1 is 1.47 bits per heavy atom. The fraction of sp³-hybridized carbons (Fsp3) is 0.417. The minimum atomic E-state index is -0.482. The second-order valence-corrected chi connectivity index (χ2v) is 4.14. The first-order valence-corrected chi connectivity index (χ1v) is 5.62. The molecule has 0 radical (unpaired) electrons. The molecule has 1 aromatic rings. The van der Waals surface area contributed by atoms with Gasteiger partial charge in [-0.05, 0) is 26.0 Å². The van der Waals surface area contributed by atoms with Crippen molar-refractivity contribution < 1.29 is 9.59 Å². The Morgan fingerprint density at radius 2 is 2.24 bits per heavy atom. The van der Waals surface area contributed by atoms with Gasteiger partial charge in [-0.25, -0.2) is 0 Å². The summed E-state index contributed by atoms with van der Waals surface area (Å²) >= 11 is 0. The first-order chi connectivity index (χ1) is 8.09. The van der Waals surface area contributed by atoms with E-state index in [0.717, 1.165) is 11.4 Å². The number of carbonyl (C=O) groups excluding carboxylic acids is 2. The molecule has 5 heteroatoms. The lowest BCUT2D eigenvalue weighted by molar-refractivity contribution is -0.125. The van der Waals surface area contributed by atoms with Crippen LogP contribution in [0, 0.1) is 6.92 Å². The van der Waals surface area contributed by atoms with Gasteiger partial charge in [-0.15, -0.1) is 0 Å². The zero-order valence-electron chi connectivity index (χ0n) is 9.93. The first-order valence-electron chi connectivity index (χ1n) is 5.62. The molecule has 1 aromatic heterocycles. The van der Waals surface area contributed by atoms with E-state index in [2.05, 4.69) is 10.3 Å². The van der Waals surface area contributed by atoms with Crippen LogP contribution < -0.4 is 10.2 Å². The van der Waals surface area contributed by atoms with Crippen LogP contribution in [0.5, 0.6) is 0 Å². The molecular weight excluding hydrogens is 218 g/mol. The van der Waals surface area contributed by atoms with Crippen LogP contribution >= 0.6 is 0 Å². The monoisotopic (exact) mass is 233 g/mol. The summed E-state index contributed by atoms with van der Waals surface area (Å²) in [5.41, 5.74) is 1.57. The van der Waals surface area contributed by atoms with E-state index in [0.29, 0.717) is 13.0 Å². The first kappa shape index (κ1) is 11.6. The maximum absolute atomic E-state index is 12.1. The zero-order valence-corrected chi connectivity index (χ0v) is 9.93. The van der Waals surface area contributed by atoms with E-state index in [4.69, 9.17) is 0 Å². The average molecular weight is 233 g/mol. The highest BCUT2D eigenvalue weighted by atomic mass is 16.2. The number of aromatic nitrogens is 1. The Kier molecular flexibility index (Phi) is 3.08. The molecule has 1 fully saturated rings. The van der Waals surface area contributed by atoms with Crippen molar-refractivity contribution in [3.05, 3.63) is 24.0 Å². The molecule has 0 spiro atoms. The van der Waals surface area contributed by atoms with Gasteiger partial charge in [-0.2, -0.15) is 0 Å². The summed E-state index contributed by atoms with van der Waals surface area (Å²) in [7, 11) is 0. The Balaban J connectivity index is 2.34. The molecular formula is C12H15N3O2. The summed E-state index contributed by atoms with van der Waals surface area (Å²) in [4.78, 5) is 29.3. The van der Waals surface area contributed by atoms with Crippen molar-refractivity contribution in [2.75, 3.05) is 11.4 Å². The van der Waals surface area contributed by atoms with Gasteiger partial charge in [0.2, 0.25) is 11.8 Å². The van der Waals surface area contributed by atoms with Gasteiger partial charge in [0.15, 0.2) is 0 Å². The van der Waals surface area contributed by atoms with Crippen LogP contribution in [0.3, 0.4) is 0 Å². The standard InChI is InChI=1S/C12H15N3O2/c1-8-10(4-3-6-13-8)15-7-5-11(16)14-9(2)12(15)17/h3-4,6,9H,5,7H2,1-2H3,(H,14,16). The number of amides is 2. The third-order valence-corrected chi connectivity index (χ3v) is 2.85. The number of aryl methyl sites for hydroxylation is 1. The molecule has 2 heterocycles. The summed E-state index contributed by atoms with van der Waals surface area (Å²) in [6, 6.07) is 3.16. The fourth-order valence-corrected chi connectivity index (χ4v) is 1.93. The van der Waals surface area contributed by atoms with Crippen molar-refractivity contribution in [1.29, 1.82) is 0 Å². The maximum Gasteiger partial charge on any atom is 0.249 e. The molecule has 2 amide bonds. The van der Waals surface area contributed by atoms with Crippen molar-refractivity contribution in [2.45, 2.75) is 26.3 Å². The second-order valence-electron chi connectivity index (χ2n) is 4.14. The third kappa shape index (κ3) is 2.27. The zero-order chi connectivity index (χ0) is 12.4. The van der Waals surface area contributed by atoms with Gasteiger partial charge in [0.05, 0.1) is 11.4 Å². The van der Waals surface area contributed by atoms with Crippen LogP contribution in [-0.2, 0) is 9.59 Å². The van der Waals surface area contributed by atoms with E-state index in [-0.39, 0.29) is 11.8 Å². The van der Waals surface area contributed by atoms with Gasteiger partial charge in [0.25, 0.3) is 0 Å². The van der Waals surface area contributed by atoms with E-state index in [1.165, 1.54) is 0 Å². The van der Waals surface area contributed by atoms with Gasteiger partial charge in [-0.1, -0.05) is 0 Å². The molecule has 0 bridgehead atoms. The molecule has 1 aliphatic heterocycles. The number of rotatable bonds is 1. The SMILES string of the molecule is Cc1ncccc1N1CCC(=O)NC(C)C1=O. The molecule has 17 heavy (non-hydrogen) atoms. The van der Waals surface area contributed by atoms with Gasteiger partial charge in [0, 0.05) is 19.2 Å². The van der Waals surface area contributed by atoms with Crippen LogP contribution in [-0.4, -0.2) is 29.4 Å². The van der Waals surface area contributed by atoms with E-state index >= 15 is 0 Å². The lowest BCUT2D eigenvalue weighted by atomic mass is 10.2. The number of pyridine rings is 1. The number of nitrogens with one attached hydrogen (secondary N) is 1. The van der Waals surface area contributed by atoms with E-state index < -0.39 is 6.04 Å². The quantitative estimate of drug-likeness (QED) is 0.774. The predicted octanol–water partition coefficient (Wildman–Crippen LogP) is 0.631. The van der Waals surface area contributed by atoms with Crippen LogP contribution in [0.4, 0.5) is 5.69 Å². The van der Waals surface area contributed by atoms with Gasteiger partial charge in [0.1, 0.15) is 6.04 Å². The number of hydrogen-bond donors (Lipinski definition) is 1. The van der Waals surface area contributed by atoms with Gasteiger partial charge in [-0.3, -0.25) is 14.6 Å². The smallest absolute Gasteiger partial charge is 0.249 e. The van der Waals surface area contributed by atoms with Crippen molar-refractivity contribution in [1.82, 2.24) is 10.3 Å². The van der Waals surface area contributed by atoms with Crippen molar-refractivity contribution >= 4 is 17.5 Å². The van der Waals surface area contributed by atoms with Gasteiger partial charge >= 0.3 is 0 Å². The fourth-order valence-electron chi connectivity index (χ4n) is 1.93. The van der Waals surface area contributed by atoms with Crippen molar-refractivity contribution in [2.24, 2.45) is 0 Å². The van der Waals surface area contributed by atoms with E-state index in [1.807, 2.05) is 13.0 Å². The average Bonchev–Trinajstić information content (AvgIpc) is 2.41. The van der Waals surface area contributed by atoms with Crippen molar-refractivity contribution in [3.63, 3.8) is 0 Å². The highest BCUT2D eigenvalue weighted by Crippen LogP contribution is 2.19. The molecule has 1 saturated heterocycles. The number of nitrogens with zero attached hydrogens (tertiary/aromatic N) is 2. The summed E-state index contributed by atoms with van der Waals surface area (Å²) in [5.74, 6) is -0.179. The Morgan fingerprint density at radius 3 is 2.94 bits per heavy atom. The summed E-state index contributed by atoms with van der Waals surface area (Å²) in [5, 5.41) is 2.66. The summed E-state index contributed by atoms with van der Waals surface area (Å²) in [6.07, 6.45) is 2.01. The molecule has 0 aromatic carbocycles. The maximum atomic E-state index is 12.1. The molecule has 0 saturated carbocycles.